The summed E-state index contributed by atoms with van der Waals surface area (Å²) in [5, 5.41) is 10.2. The molecule has 0 amide bonds. The third-order valence-electron chi connectivity index (χ3n) is 3.67. The number of halogens is 4. The number of rotatable bonds is 3. The Kier molecular flexibility index (Phi) is 4.93. The number of hydrogen-bond acceptors (Lipinski definition) is 4. The van der Waals surface area contributed by atoms with Gasteiger partial charge in [0.1, 0.15) is 0 Å². The van der Waals surface area contributed by atoms with E-state index in [1.54, 1.807) is 0 Å². The van der Waals surface area contributed by atoms with E-state index in [2.05, 4.69) is 0 Å². The molecule has 0 radical (unpaired) electrons. The molecule has 1 fully saturated rings. The monoisotopic (exact) mass is 370 g/mol. The number of nitrogens with zero attached hydrogens (tertiary/aromatic N) is 1. The van der Waals surface area contributed by atoms with Gasteiger partial charge in [0.2, 0.25) is 10.0 Å². The zero-order chi connectivity index (χ0) is 17.4. The van der Waals surface area contributed by atoms with Crippen molar-refractivity contribution in [1.82, 2.24) is 4.31 Å². The van der Waals surface area contributed by atoms with E-state index in [0.717, 1.165) is 16.4 Å². The Morgan fingerprint density at radius 2 is 1.83 bits per heavy atom. The molecule has 1 aromatic carbocycles. The van der Waals surface area contributed by atoms with Crippen LogP contribution in [0.15, 0.2) is 23.1 Å². The predicted octanol–water partition coefficient (Wildman–Crippen LogP) is 1.51. The highest BCUT2D eigenvalue weighted by Crippen LogP contribution is 2.36. The molecule has 0 spiro atoms. The maximum Gasteiger partial charge on any atom is 0.417 e. The number of hydrogen-bond donors (Lipinski definition) is 0. The molecule has 1 aliphatic rings. The lowest BCUT2D eigenvalue weighted by molar-refractivity contribution is -0.312. The Labute approximate surface area is 135 Å². The van der Waals surface area contributed by atoms with Crippen molar-refractivity contribution in [3.05, 3.63) is 28.8 Å². The molecule has 0 unspecified atom stereocenters. The van der Waals surface area contributed by atoms with Crippen LogP contribution in [0.1, 0.15) is 18.4 Å². The molecule has 23 heavy (non-hydrogen) atoms. The van der Waals surface area contributed by atoms with E-state index in [1.165, 1.54) is 0 Å². The summed E-state index contributed by atoms with van der Waals surface area (Å²) in [6.07, 6.45) is -4.66. The molecule has 128 valence electrons. The van der Waals surface area contributed by atoms with Crippen molar-refractivity contribution in [3.63, 3.8) is 0 Å². The minimum Gasteiger partial charge on any atom is -0.550 e. The van der Waals surface area contributed by atoms with E-state index < -0.39 is 43.6 Å². The van der Waals surface area contributed by atoms with Crippen LogP contribution < -0.4 is 5.11 Å². The first-order chi connectivity index (χ1) is 10.5. The van der Waals surface area contributed by atoms with Crippen LogP contribution in [0.2, 0.25) is 5.02 Å². The number of carboxylic acid groups (broad SMARTS) is 1. The summed E-state index contributed by atoms with van der Waals surface area (Å²) in [5.74, 6) is -2.01. The fraction of sp³-hybridized carbons (Fsp3) is 0.462. The topological polar surface area (TPSA) is 77.5 Å². The summed E-state index contributed by atoms with van der Waals surface area (Å²) in [5.41, 5.74) is -1.23. The summed E-state index contributed by atoms with van der Waals surface area (Å²) in [6, 6.07) is 2.37. The van der Waals surface area contributed by atoms with Crippen LogP contribution >= 0.6 is 11.6 Å². The third-order valence-corrected chi connectivity index (χ3v) is 5.89. The van der Waals surface area contributed by atoms with Crippen LogP contribution in [0, 0.1) is 5.92 Å². The molecule has 0 bridgehead atoms. The van der Waals surface area contributed by atoms with Crippen LogP contribution in [0.5, 0.6) is 0 Å². The summed E-state index contributed by atoms with van der Waals surface area (Å²) in [4.78, 5) is 10.2. The van der Waals surface area contributed by atoms with Crippen LogP contribution in [0.4, 0.5) is 13.2 Å². The van der Waals surface area contributed by atoms with E-state index in [0.29, 0.717) is 6.07 Å². The smallest absolute Gasteiger partial charge is 0.417 e. The van der Waals surface area contributed by atoms with Crippen molar-refractivity contribution in [1.29, 1.82) is 0 Å². The average molecular weight is 371 g/mol. The molecule has 0 saturated carbocycles. The lowest BCUT2D eigenvalue weighted by atomic mass is 9.99. The quantitative estimate of drug-likeness (QED) is 0.808. The van der Waals surface area contributed by atoms with Crippen molar-refractivity contribution >= 4 is 27.6 Å². The highest BCUT2D eigenvalue weighted by molar-refractivity contribution is 7.89. The predicted molar refractivity (Wildman–Crippen MR) is 72.9 cm³/mol. The number of sulfonamides is 1. The molecule has 1 heterocycles. The highest BCUT2D eigenvalue weighted by Gasteiger charge is 2.36. The zero-order valence-corrected chi connectivity index (χ0v) is 13.2. The van der Waals surface area contributed by atoms with E-state index >= 15 is 0 Å². The van der Waals surface area contributed by atoms with Gasteiger partial charge in [0.05, 0.1) is 15.5 Å². The van der Waals surface area contributed by atoms with Gasteiger partial charge in [-0.2, -0.15) is 17.5 Å². The van der Waals surface area contributed by atoms with Gasteiger partial charge in [0, 0.05) is 25.0 Å². The molecule has 0 N–H and O–H groups in total. The van der Waals surface area contributed by atoms with Gasteiger partial charge < -0.3 is 9.90 Å². The van der Waals surface area contributed by atoms with Crippen molar-refractivity contribution < 1.29 is 31.5 Å². The Bertz CT molecular complexity index is 712. The van der Waals surface area contributed by atoms with E-state index in [1.807, 2.05) is 0 Å². The van der Waals surface area contributed by atoms with Crippen LogP contribution in [-0.2, 0) is 21.0 Å². The van der Waals surface area contributed by atoms with Crippen molar-refractivity contribution in [2.75, 3.05) is 13.1 Å². The molecule has 1 aliphatic heterocycles. The molecule has 5 nitrogen and oxygen atoms in total. The number of carbonyl (C=O) groups is 1. The van der Waals surface area contributed by atoms with Gasteiger partial charge in [0.25, 0.3) is 0 Å². The fourth-order valence-corrected chi connectivity index (χ4v) is 4.08. The van der Waals surface area contributed by atoms with Crippen LogP contribution in [0.3, 0.4) is 0 Å². The maximum atomic E-state index is 12.8. The average Bonchev–Trinajstić information content (AvgIpc) is 2.46. The molecule has 0 atom stereocenters. The van der Waals surface area contributed by atoms with Crippen molar-refractivity contribution in [3.8, 4) is 0 Å². The van der Waals surface area contributed by atoms with Gasteiger partial charge in [-0.3, -0.25) is 0 Å². The first-order valence-electron chi connectivity index (χ1n) is 6.61. The highest BCUT2D eigenvalue weighted by atomic mass is 35.5. The van der Waals surface area contributed by atoms with Crippen molar-refractivity contribution in [2.45, 2.75) is 23.9 Å². The second-order valence-corrected chi connectivity index (χ2v) is 7.48. The third kappa shape index (κ3) is 3.78. The normalized spacial score (nSPS) is 18.1. The largest absolute Gasteiger partial charge is 0.550 e. The van der Waals surface area contributed by atoms with Gasteiger partial charge in [-0.1, -0.05) is 11.6 Å². The Morgan fingerprint density at radius 1 is 1.26 bits per heavy atom. The summed E-state index contributed by atoms with van der Waals surface area (Å²) >= 11 is 5.47. The lowest BCUT2D eigenvalue weighted by Crippen LogP contribution is -2.43. The van der Waals surface area contributed by atoms with Crippen LogP contribution in [0.25, 0.3) is 0 Å². The number of benzene rings is 1. The number of alkyl halides is 3. The second-order valence-electron chi connectivity index (χ2n) is 5.14. The zero-order valence-electron chi connectivity index (χ0n) is 11.6. The Balaban J connectivity index is 2.29. The lowest BCUT2D eigenvalue weighted by Gasteiger charge is -2.31. The van der Waals surface area contributed by atoms with Gasteiger partial charge in [0.15, 0.2) is 0 Å². The molecule has 0 aromatic heterocycles. The van der Waals surface area contributed by atoms with Gasteiger partial charge in [-0.05, 0) is 31.0 Å². The van der Waals surface area contributed by atoms with Gasteiger partial charge >= 0.3 is 6.18 Å². The fourth-order valence-electron chi connectivity index (χ4n) is 2.36. The Hall–Kier alpha value is -1.32. The summed E-state index contributed by atoms with van der Waals surface area (Å²) < 4.78 is 64.3. The molecular formula is C13H12ClF3NO4S-. The number of aliphatic carboxylic acids is 1. The first-order valence-corrected chi connectivity index (χ1v) is 8.43. The first kappa shape index (κ1) is 18.0. The summed E-state index contributed by atoms with van der Waals surface area (Å²) in [7, 11) is -4.15. The van der Waals surface area contributed by atoms with E-state index in [-0.39, 0.29) is 25.9 Å². The number of carbonyl (C=O) groups excluding carboxylic acids is 1. The van der Waals surface area contributed by atoms with Crippen LogP contribution in [-0.4, -0.2) is 31.8 Å². The minimum atomic E-state index is -4.77. The molecular weight excluding hydrogens is 359 g/mol. The molecule has 0 aliphatic carbocycles. The molecule has 1 saturated heterocycles. The van der Waals surface area contributed by atoms with Crippen molar-refractivity contribution in [2.24, 2.45) is 5.92 Å². The standard InChI is InChI=1S/C13H13ClF3NO4S/c14-11-2-1-9(7-10(11)13(15,16)17)23(21,22)18-5-3-8(4-6-18)12(19)20/h1-2,7-8H,3-6H2,(H,19,20)/p-1. The molecule has 10 heteroatoms. The number of piperidine rings is 1. The molecule has 1 aromatic rings. The SMILES string of the molecule is O=C([O-])C1CCN(S(=O)(=O)c2ccc(Cl)c(C(F)(F)F)c2)CC1. The van der Waals surface area contributed by atoms with E-state index in [9.17, 15) is 31.5 Å². The minimum absolute atomic E-state index is 0.0568. The summed E-state index contributed by atoms with van der Waals surface area (Å²) in [6.45, 7) is -0.185. The van der Waals surface area contributed by atoms with Gasteiger partial charge in [-0.25, -0.2) is 8.42 Å². The Morgan fingerprint density at radius 3 is 2.30 bits per heavy atom. The van der Waals surface area contributed by atoms with E-state index in [4.69, 9.17) is 11.6 Å². The number of carboxylic acids is 1. The molecule has 2 rings (SSSR count). The maximum absolute atomic E-state index is 12.8. The van der Waals surface area contributed by atoms with Gasteiger partial charge in [-0.15, -0.1) is 0 Å². The second kappa shape index (κ2) is 6.29.